The SMILES string of the molecule is COc1ccccc1/C(Br)=C(\NSc1ccc([N+](=O)[O-])cc1)C(=O)N1CCCCC1. The van der Waals surface area contributed by atoms with E-state index >= 15 is 0 Å². The molecule has 30 heavy (non-hydrogen) atoms. The predicted molar refractivity (Wildman–Crippen MR) is 121 cm³/mol. The molecular weight excluding hydrogens is 470 g/mol. The second-order valence-electron chi connectivity index (χ2n) is 6.70. The van der Waals surface area contributed by atoms with E-state index in [1.807, 2.05) is 29.2 Å². The number of nitrogens with zero attached hydrogens (tertiary/aromatic N) is 2. The van der Waals surface area contributed by atoms with Crippen molar-refractivity contribution in [3.8, 4) is 5.75 Å². The highest BCUT2D eigenvalue weighted by Crippen LogP contribution is 2.34. The summed E-state index contributed by atoms with van der Waals surface area (Å²) in [5.74, 6) is 0.553. The lowest BCUT2D eigenvalue weighted by molar-refractivity contribution is -0.384. The van der Waals surface area contributed by atoms with Crippen molar-refractivity contribution in [2.75, 3.05) is 20.2 Å². The number of nitrogens with one attached hydrogen (secondary N) is 1. The van der Waals surface area contributed by atoms with Gasteiger partial charge in [0.15, 0.2) is 0 Å². The van der Waals surface area contributed by atoms with Gasteiger partial charge in [0.25, 0.3) is 11.6 Å². The van der Waals surface area contributed by atoms with Crippen LogP contribution in [0, 0.1) is 10.1 Å². The smallest absolute Gasteiger partial charge is 0.271 e. The Hall–Kier alpha value is -2.52. The van der Waals surface area contributed by atoms with Gasteiger partial charge in [-0.2, -0.15) is 0 Å². The summed E-state index contributed by atoms with van der Waals surface area (Å²) in [5.41, 5.74) is 1.19. The molecule has 0 radical (unpaired) electrons. The maximum Gasteiger partial charge on any atom is 0.271 e. The fourth-order valence-corrected chi connectivity index (χ4v) is 4.55. The minimum Gasteiger partial charge on any atom is -0.496 e. The van der Waals surface area contributed by atoms with Crippen molar-refractivity contribution in [3.05, 3.63) is 69.9 Å². The number of likely N-dealkylation sites (tertiary alicyclic amines) is 1. The number of halogens is 1. The Kier molecular flexibility index (Phi) is 7.75. The van der Waals surface area contributed by atoms with Crippen molar-refractivity contribution in [2.24, 2.45) is 0 Å². The molecule has 1 amide bonds. The van der Waals surface area contributed by atoms with Crippen LogP contribution in [-0.4, -0.2) is 35.9 Å². The molecule has 1 fully saturated rings. The number of methoxy groups -OCH3 is 1. The highest BCUT2D eigenvalue weighted by molar-refractivity contribution is 9.15. The molecule has 1 aliphatic heterocycles. The van der Waals surface area contributed by atoms with E-state index in [-0.39, 0.29) is 11.6 Å². The van der Waals surface area contributed by atoms with Crippen LogP contribution in [0.25, 0.3) is 4.48 Å². The quantitative estimate of drug-likeness (QED) is 0.254. The lowest BCUT2D eigenvalue weighted by Gasteiger charge is -2.28. The molecule has 0 spiro atoms. The summed E-state index contributed by atoms with van der Waals surface area (Å²) in [6.45, 7) is 1.44. The number of nitro benzene ring substituents is 1. The van der Waals surface area contributed by atoms with E-state index in [2.05, 4.69) is 20.7 Å². The van der Waals surface area contributed by atoms with Crippen molar-refractivity contribution in [3.63, 3.8) is 0 Å². The second kappa shape index (κ2) is 10.5. The molecule has 1 aliphatic rings. The summed E-state index contributed by atoms with van der Waals surface area (Å²) in [7, 11) is 1.59. The minimum atomic E-state index is -0.439. The maximum atomic E-state index is 13.3. The van der Waals surface area contributed by atoms with Gasteiger partial charge in [-0.05, 0) is 65.3 Å². The van der Waals surface area contributed by atoms with Crippen LogP contribution in [0.15, 0.2) is 59.1 Å². The molecule has 1 saturated heterocycles. The normalized spacial score (nSPS) is 14.7. The van der Waals surface area contributed by atoms with Gasteiger partial charge < -0.3 is 14.4 Å². The summed E-state index contributed by atoms with van der Waals surface area (Å²) in [4.78, 5) is 26.3. The monoisotopic (exact) mass is 491 g/mol. The van der Waals surface area contributed by atoms with Gasteiger partial charge in [-0.3, -0.25) is 14.9 Å². The molecule has 0 aromatic heterocycles. The summed E-state index contributed by atoms with van der Waals surface area (Å²) in [6, 6.07) is 13.6. The fraction of sp³-hybridized carbons (Fsp3) is 0.286. The molecule has 7 nitrogen and oxygen atoms in total. The molecule has 158 valence electrons. The van der Waals surface area contributed by atoms with Crippen LogP contribution in [0.4, 0.5) is 5.69 Å². The zero-order valence-corrected chi connectivity index (χ0v) is 18.9. The summed E-state index contributed by atoms with van der Waals surface area (Å²) < 4.78 is 9.22. The Bertz CT molecular complexity index is 944. The first-order valence-electron chi connectivity index (χ1n) is 9.51. The van der Waals surface area contributed by atoms with E-state index < -0.39 is 4.92 Å². The number of benzene rings is 2. The van der Waals surface area contributed by atoms with Gasteiger partial charge in [-0.1, -0.05) is 18.2 Å². The van der Waals surface area contributed by atoms with E-state index in [1.165, 1.54) is 24.1 Å². The van der Waals surface area contributed by atoms with E-state index in [9.17, 15) is 14.9 Å². The molecule has 0 aliphatic carbocycles. The number of amides is 1. The number of hydrogen-bond acceptors (Lipinski definition) is 6. The molecule has 0 bridgehead atoms. The Labute approximate surface area is 187 Å². The molecule has 1 heterocycles. The molecule has 9 heteroatoms. The van der Waals surface area contributed by atoms with Gasteiger partial charge >= 0.3 is 0 Å². The average Bonchev–Trinajstić information content (AvgIpc) is 2.79. The Morgan fingerprint density at radius 2 is 1.80 bits per heavy atom. The molecule has 1 N–H and O–H groups in total. The lowest BCUT2D eigenvalue weighted by atomic mass is 10.1. The van der Waals surface area contributed by atoms with Crippen molar-refractivity contribution in [1.82, 2.24) is 9.62 Å². The summed E-state index contributed by atoms with van der Waals surface area (Å²) >= 11 is 4.83. The van der Waals surface area contributed by atoms with E-state index in [0.717, 1.165) is 42.8 Å². The van der Waals surface area contributed by atoms with E-state index in [4.69, 9.17) is 4.74 Å². The minimum absolute atomic E-state index is 0.0229. The molecule has 2 aromatic rings. The predicted octanol–water partition coefficient (Wildman–Crippen LogP) is 4.98. The molecule has 2 aromatic carbocycles. The first kappa shape index (κ1) is 22.2. The van der Waals surface area contributed by atoms with Crippen molar-refractivity contribution < 1.29 is 14.5 Å². The fourth-order valence-electron chi connectivity index (χ4n) is 3.14. The number of hydrogen-bond donors (Lipinski definition) is 1. The molecule has 0 unspecified atom stereocenters. The number of para-hydroxylation sites is 1. The van der Waals surface area contributed by atoms with Gasteiger partial charge in [0.05, 0.1) is 16.5 Å². The van der Waals surface area contributed by atoms with Gasteiger partial charge in [-0.25, -0.2) is 0 Å². The van der Waals surface area contributed by atoms with Crippen LogP contribution in [0.5, 0.6) is 5.75 Å². The van der Waals surface area contributed by atoms with Crippen molar-refractivity contribution in [1.29, 1.82) is 0 Å². The number of piperidine rings is 1. The maximum absolute atomic E-state index is 13.3. The van der Waals surface area contributed by atoms with Crippen LogP contribution in [0.3, 0.4) is 0 Å². The summed E-state index contributed by atoms with van der Waals surface area (Å²) in [6.07, 6.45) is 3.10. The topological polar surface area (TPSA) is 84.7 Å². The molecule has 3 rings (SSSR count). The Morgan fingerprint density at radius 3 is 2.43 bits per heavy atom. The van der Waals surface area contributed by atoms with Crippen LogP contribution in [-0.2, 0) is 4.79 Å². The van der Waals surface area contributed by atoms with Gasteiger partial charge in [0.2, 0.25) is 0 Å². The average molecular weight is 492 g/mol. The molecule has 0 saturated carbocycles. The number of ether oxygens (including phenoxy) is 1. The van der Waals surface area contributed by atoms with Crippen molar-refractivity contribution in [2.45, 2.75) is 24.2 Å². The number of rotatable bonds is 7. The zero-order chi connectivity index (χ0) is 21.5. The van der Waals surface area contributed by atoms with Gasteiger partial charge in [-0.15, -0.1) is 0 Å². The second-order valence-corrected chi connectivity index (χ2v) is 8.37. The number of carbonyl (C=O) groups is 1. The largest absolute Gasteiger partial charge is 0.496 e. The summed E-state index contributed by atoms with van der Waals surface area (Å²) in [5, 5.41) is 10.9. The standard InChI is InChI=1S/C21H22BrN3O4S/c1-29-18-8-4-3-7-17(18)19(22)20(21(26)24-13-5-2-6-14-24)23-30-16-11-9-15(10-12-16)25(27)28/h3-4,7-12,23H,2,5-6,13-14H2,1H3/b20-19+. The highest BCUT2D eigenvalue weighted by Gasteiger charge is 2.24. The Balaban J connectivity index is 1.90. The molecular formula is C21H22BrN3O4S. The third-order valence-corrected chi connectivity index (χ3v) is 6.38. The third kappa shape index (κ3) is 5.34. The first-order chi connectivity index (χ1) is 14.5. The van der Waals surface area contributed by atoms with Gasteiger partial charge in [0, 0.05) is 35.7 Å². The number of nitro groups is 1. The number of carbonyl (C=O) groups excluding carboxylic acids is 1. The highest BCUT2D eigenvalue weighted by atomic mass is 79.9. The lowest BCUT2D eigenvalue weighted by Crippen LogP contribution is -2.39. The Morgan fingerprint density at radius 1 is 1.13 bits per heavy atom. The van der Waals surface area contributed by atoms with Crippen LogP contribution in [0.1, 0.15) is 24.8 Å². The van der Waals surface area contributed by atoms with Crippen LogP contribution < -0.4 is 9.46 Å². The zero-order valence-electron chi connectivity index (χ0n) is 16.5. The first-order valence-corrected chi connectivity index (χ1v) is 11.1. The van der Waals surface area contributed by atoms with Crippen LogP contribution >= 0.6 is 27.9 Å². The van der Waals surface area contributed by atoms with E-state index in [0.29, 0.717) is 15.9 Å². The van der Waals surface area contributed by atoms with Gasteiger partial charge in [0.1, 0.15) is 11.4 Å². The van der Waals surface area contributed by atoms with Crippen molar-refractivity contribution >= 4 is 44.0 Å². The van der Waals surface area contributed by atoms with Crippen LogP contribution in [0.2, 0.25) is 0 Å². The molecule has 0 atom stereocenters. The third-order valence-electron chi connectivity index (χ3n) is 4.74. The van der Waals surface area contributed by atoms with E-state index in [1.54, 1.807) is 19.2 Å². The number of non-ortho nitro benzene ring substituents is 1.